The van der Waals surface area contributed by atoms with Crippen LogP contribution >= 0.6 is 0 Å². The van der Waals surface area contributed by atoms with E-state index >= 15 is 0 Å². The summed E-state index contributed by atoms with van der Waals surface area (Å²) in [6, 6.07) is 12.1. The molecule has 1 N–H and O–H groups in total. The average molecular weight is 278 g/mol. The average Bonchev–Trinajstić information content (AvgIpc) is 2.80. The third kappa shape index (κ3) is 2.45. The molecule has 3 rings (SSSR count). The molecule has 0 saturated carbocycles. The van der Waals surface area contributed by atoms with E-state index in [1.54, 1.807) is 24.3 Å². The van der Waals surface area contributed by atoms with Crippen molar-refractivity contribution in [2.75, 3.05) is 5.32 Å². The number of anilines is 2. The Bertz CT molecular complexity index is 716. The molecule has 0 spiro atoms. The van der Waals surface area contributed by atoms with Gasteiger partial charge in [0.15, 0.2) is 5.58 Å². The molecular weight excluding hydrogens is 269 g/mol. The molecule has 0 atom stereocenters. The van der Waals surface area contributed by atoms with Gasteiger partial charge in [-0.3, -0.25) is 0 Å². The first-order chi connectivity index (χ1) is 9.52. The summed E-state index contributed by atoms with van der Waals surface area (Å²) in [5.41, 5.74) is 0.758. The predicted octanol–water partition coefficient (Wildman–Crippen LogP) is 4.59. The van der Waals surface area contributed by atoms with Crippen LogP contribution in [-0.4, -0.2) is 4.98 Å². The zero-order valence-corrected chi connectivity index (χ0v) is 10.1. The van der Waals surface area contributed by atoms with Crippen LogP contribution in [0.1, 0.15) is 5.56 Å². The summed E-state index contributed by atoms with van der Waals surface area (Å²) < 4.78 is 43.2. The zero-order chi connectivity index (χ0) is 14.2. The molecule has 0 aliphatic rings. The number of nitrogens with zero attached hydrogens (tertiary/aromatic N) is 1. The molecule has 1 aromatic heterocycles. The second kappa shape index (κ2) is 4.56. The Morgan fingerprint density at radius 1 is 1.00 bits per heavy atom. The molecule has 0 aliphatic heterocycles. The van der Waals surface area contributed by atoms with Crippen LogP contribution in [0.2, 0.25) is 0 Å². The van der Waals surface area contributed by atoms with E-state index in [2.05, 4.69) is 10.3 Å². The SMILES string of the molecule is FC(F)(F)c1cccc(Nc2nc3ccccc3o2)c1. The van der Waals surface area contributed by atoms with Crippen LogP contribution in [0.5, 0.6) is 0 Å². The van der Waals surface area contributed by atoms with Crippen molar-refractivity contribution in [3.05, 3.63) is 54.1 Å². The number of hydrogen-bond acceptors (Lipinski definition) is 3. The van der Waals surface area contributed by atoms with Crippen molar-refractivity contribution < 1.29 is 17.6 Å². The zero-order valence-electron chi connectivity index (χ0n) is 10.1. The van der Waals surface area contributed by atoms with Crippen molar-refractivity contribution in [3.63, 3.8) is 0 Å². The lowest BCUT2D eigenvalue weighted by molar-refractivity contribution is -0.137. The summed E-state index contributed by atoms with van der Waals surface area (Å²) in [4.78, 5) is 4.14. The minimum atomic E-state index is -4.38. The molecule has 0 unspecified atom stereocenters. The van der Waals surface area contributed by atoms with Crippen LogP contribution in [-0.2, 0) is 6.18 Å². The Balaban J connectivity index is 1.91. The first-order valence-corrected chi connectivity index (χ1v) is 5.82. The fourth-order valence-electron chi connectivity index (χ4n) is 1.82. The molecular formula is C14H9F3N2O. The molecule has 3 aromatic rings. The van der Waals surface area contributed by atoms with Crippen molar-refractivity contribution in [1.82, 2.24) is 4.98 Å². The number of oxazole rings is 1. The number of para-hydroxylation sites is 2. The van der Waals surface area contributed by atoms with Gasteiger partial charge in [-0.15, -0.1) is 0 Å². The van der Waals surface area contributed by atoms with Gasteiger partial charge in [0, 0.05) is 5.69 Å². The maximum atomic E-state index is 12.6. The maximum Gasteiger partial charge on any atom is 0.416 e. The summed E-state index contributed by atoms with van der Waals surface area (Å²) in [5, 5.41) is 2.73. The fraction of sp³-hybridized carbons (Fsp3) is 0.0714. The second-order valence-electron chi connectivity index (χ2n) is 4.19. The summed E-state index contributed by atoms with van der Waals surface area (Å²) in [7, 11) is 0. The predicted molar refractivity (Wildman–Crippen MR) is 68.7 cm³/mol. The third-order valence-corrected chi connectivity index (χ3v) is 2.74. The number of halogens is 3. The lowest BCUT2D eigenvalue weighted by atomic mass is 10.2. The molecule has 0 amide bonds. The summed E-state index contributed by atoms with van der Waals surface area (Å²) >= 11 is 0. The van der Waals surface area contributed by atoms with Crippen LogP contribution in [0.25, 0.3) is 11.1 Å². The van der Waals surface area contributed by atoms with Crippen molar-refractivity contribution in [3.8, 4) is 0 Å². The molecule has 0 radical (unpaired) electrons. The second-order valence-corrected chi connectivity index (χ2v) is 4.19. The standard InChI is InChI=1S/C14H9F3N2O/c15-14(16,17)9-4-3-5-10(8-9)18-13-19-11-6-1-2-7-12(11)20-13/h1-8H,(H,18,19). The van der Waals surface area contributed by atoms with Crippen LogP contribution in [0.3, 0.4) is 0 Å². The molecule has 0 aliphatic carbocycles. The number of alkyl halides is 3. The molecule has 102 valence electrons. The van der Waals surface area contributed by atoms with E-state index < -0.39 is 11.7 Å². The molecule has 1 heterocycles. The highest BCUT2D eigenvalue weighted by atomic mass is 19.4. The van der Waals surface area contributed by atoms with Crippen molar-refractivity contribution in [2.45, 2.75) is 6.18 Å². The van der Waals surface area contributed by atoms with E-state index in [1.807, 2.05) is 0 Å². The van der Waals surface area contributed by atoms with Crippen LogP contribution < -0.4 is 5.32 Å². The largest absolute Gasteiger partial charge is 0.423 e. The number of nitrogens with one attached hydrogen (secondary N) is 1. The van der Waals surface area contributed by atoms with Crippen molar-refractivity contribution in [2.24, 2.45) is 0 Å². The molecule has 6 heteroatoms. The number of aromatic nitrogens is 1. The first-order valence-electron chi connectivity index (χ1n) is 5.82. The fourth-order valence-corrected chi connectivity index (χ4v) is 1.82. The van der Waals surface area contributed by atoms with Gasteiger partial charge >= 0.3 is 6.18 Å². The smallest absolute Gasteiger partial charge is 0.416 e. The van der Waals surface area contributed by atoms with E-state index in [0.717, 1.165) is 12.1 Å². The quantitative estimate of drug-likeness (QED) is 0.745. The summed E-state index contributed by atoms with van der Waals surface area (Å²) in [5.74, 6) is 0. The van der Waals surface area contributed by atoms with E-state index in [4.69, 9.17) is 4.42 Å². The topological polar surface area (TPSA) is 38.1 Å². The first kappa shape index (κ1) is 12.5. The number of benzene rings is 2. The van der Waals surface area contributed by atoms with Gasteiger partial charge in [-0.2, -0.15) is 18.2 Å². The Hall–Kier alpha value is -2.50. The lowest BCUT2D eigenvalue weighted by Crippen LogP contribution is -2.05. The van der Waals surface area contributed by atoms with E-state index in [0.29, 0.717) is 11.1 Å². The molecule has 3 nitrogen and oxygen atoms in total. The number of hydrogen-bond donors (Lipinski definition) is 1. The highest BCUT2D eigenvalue weighted by molar-refractivity contribution is 5.75. The summed E-state index contributed by atoms with van der Waals surface area (Å²) in [6.07, 6.45) is -4.38. The van der Waals surface area contributed by atoms with Gasteiger partial charge in [0.1, 0.15) is 5.52 Å². The molecule has 20 heavy (non-hydrogen) atoms. The normalized spacial score (nSPS) is 11.8. The van der Waals surface area contributed by atoms with Crippen molar-refractivity contribution in [1.29, 1.82) is 0 Å². The molecule has 0 bridgehead atoms. The van der Waals surface area contributed by atoms with Crippen LogP contribution in [0.4, 0.5) is 24.9 Å². The monoisotopic (exact) mass is 278 g/mol. The molecule has 0 saturated heterocycles. The Labute approximate surface area is 112 Å². The van der Waals surface area contributed by atoms with Gasteiger partial charge in [-0.1, -0.05) is 18.2 Å². The number of rotatable bonds is 2. The Morgan fingerprint density at radius 3 is 2.55 bits per heavy atom. The van der Waals surface area contributed by atoms with E-state index in [9.17, 15) is 13.2 Å². The van der Waals surface area contributed by atoms with Gasteiger partial charge in [-0.05, 0) is 30.3 Å². The maximum absolute atomic E-state index is 12.6. The van der Waals surface area contributed by atoms with Crippen LogP contribution in [0.15, 0.2) is 52.9 Å². The highest BCUT2D eigenvalue weighted by Crippen LogP contribution is 2.31. The van der Waals surface area contributed by atoms with Crippen molar-refractivity contribution >= 4 is 22.8 Å². The minimum Gasteiger partial charge on any atom is -0.423 e. The van der Waals surface area contributed by atoms with E-state index in [-0.39, 0.29) is 11.7 Å². The van der Waals surface area contributed by atoms with E-state index in [1.165, 1.54) is 12.1 Å². The number of fused-ring (bicyclic) bond motifs is 1. The van der Waals surface area contributed by atoms with Gasteiger partial charge in [0.25, 0.3) is 6.01 Å². The molecule has 0 fully saturated rings. The van der Waals surface area contributed by atoms with Gasteiger partial charge < -0.3 is 9.73 Å². The highest BCUT2D eigenvalue weighted by Gasteiger charge is 2.30. The van der Waals surface area contributed by atoms with Crippen LogP contribution in [0, 0.1) is 0 Å². The Morgan fingerprint density at radius 2 is 1.80 bits per heavy atom. The minimum absolute atomic E-state index is 0.158. The van der Waals surface area contributed by atoms with Gasteiger partial charge in [-0.25, -0.2) is 0 Å². The van der Waals surface area contributed by atoms with Gasteiger partial charge in [0.05, 0.1) is 5.56 Å². The lowest BCUT2D eigenvalue weighted by Gasteiger charge is -2.08. The third-order valence-electron chi connectivity index (χ3n) is 2.74. The summed E-state index contributed by atoms with van der Waals surface area (Å²) in [6.45, 7) is 0. The Kier molecular flexibility index (Phi) is 2.85. The van der Waals surface area contributed by atoms with Gasteiger partial charge in [0.2, 0.25) is 0 Å². The molecule has 2 aromatic carbocycles.